The third-order valence-electron chi connectivity index (χ3n) is 19.6. The second-order valence-electron chi connectivity index (χ2n) is 29.2. The van der Waals surface area contributed by atoms with E-state index < -0.39 is 200 Å². The molecule has 1 saturated heterocycles. The molecule has 27 N–H and O–H groups in total. The second kappa shape index (κ2) is 48.4. The number of likely N-dealkylation sites (tertiary alicyclic amines) is 1. The molecule has 1 aliphatic heterocycles. The minimum absolute atomic E-state index is 0.000254. The van der Waals surface area contributed by atoms with Gasteiger partial charge in [-0.1, -0.05) is 94.3 Å². The number of primary amides is 1. The number of H-pyrrole nitrogens is 2. The summed E-state index contributed by atoms with van der Waals surface area (Å²) in [6.45, 7) is 4.15. The number of nitrogens with zero attached hydrogens (tertiary/aromatic N) is 2. The summed E-state index contributed by atoms with van der Waals surface area (Å²) in [5.41, 5.74) is 19.4. The number of carbonyl (C=O) groups is 14. The Labute approximate surface area is 681 Å². The molecule has 0 aliphatic carbocycles. The number of benzene rings is 3. The molecular weight excluding hydrogens is 1530 g/mol. The van der Waals surface area contributed by atoms with E-state index in [1.807, 2.05) is 0 Å². The number of amides is 13. The lowest BCUT2D eigenvalue weighted by Gasteiger charge is -2.34. The number of hydrogen-bond donors (Lipinski definition) is 24. The molecule has 1 unspecified atom stereocenters. The maximum atomic E-state index is 15.2. The highest BCUT2D eigenvalue weighted by molar-refractivity contribution is 6.00. The van der Waals surface area contributed by atoms with Gasteiger partial charge in [-0.2, -0.15) is 0 Å². The summed E-state index contributed by atoms with van der Waals surface area (Å²) in [5.74, 6) is -14.2. The lowest BCUT2D eigenvalue weighted by molar-refractivity contribution is -0.140. The van der Waals surface area contributed by atoms with Crippen molar-refractivity contribution in [1.82, 2.24) is 89.0 Å². The molecule has 5 aromatic rings. The Bertz CT molecular complexity index is 4190. The molecule has 118 heavy (non-hydrogen) atoms. The molecule has 3 heterocycles. The molecule has 0 spiro atoms. The van der Waals surface area contributed by atoms with Crippen LogP contribution in [0.2, 0.25) is 0 Å². The Balaban J connectivity index is 1.25. The lowest BCUT2D eigenvalue weighted by Crippen LogP contribution is -2.61. The van der Waals surface area contributed by atoms with Crippen molar-refractivity contribution in [3.63, 3.8) is 0 Å². The van der Waals surface area contributed by atoms with Gasteiger partial charge >= 0.3 is 5.97 Å². The van der Waals surface area contributed by atoms with E-state index in [4.69, 9.17) is 22.6 Å². The van der Waals surface area contributed by atoms with Crippen LogP contribution in [0.3, 0.4) is 0 Å². The van der Waals surface area contributed by atoms with Crippen LogP contribution in [0.25, 0.3) is 10.9 Å². The normalized spacial score (nSPS) is 15.6. The number of imidazole rings is 1. The maximum Gasteiger partial charge on any atom is 0.303 e. The fourth-order valence-electron chi connectivity index (χ4n) is 13.3. The van der Waals surface area contributed by atoms with Gasteiger partial charge in [-0.25, -0.2) is 4.98 Å². The van der Waals surface area contributed by atoms with Crippen molar-refractivity contribution in [2.24, 2.45) is 23.1 Å². The van der Waals surface area contributed by atoms with Crippen LogP contribution < -0.4 is 86.3 Å². The topological polar surface area (TPSA) is 646 Å². The number of para-hydroxylation sites is 1. The molecule has 1 fully saturated rings. The number of unbranched alkanes of at least 4 members (excludes halogenated alkanes) is 2. The molecule has 13 amide bonds. The van der Waals surface area contributed by atoms with Crippen molar-refractivity contribution >= 4 is 99.6 Å². The van der Waals surface area contributed by atoms with Gasteiger partial charge in [0.15, 0.2) is 5.96 Å². The minimum atomic E-state index is -1.83. The van der Waals surface area contributed by atoms with Crippen molar-refractivity contribution in [3.8, 4) is 5.75 Å². The van der Waals surface area contributed by atoms with Crippen LogP contribution in [0.5, 0.6) is 5.75 Å². The number of fused-ring (bicyclic) bond motifs is 1. The van der Waals surface area contributed by atoms with Crippen molar-refractivity contribution in [1.29, 1.82) is 5.41 Å². The third kappa shape index (κ3) is 30.8. The summed E-state index contributed by atoms with van der Waals surface area (Å²) < 4.78 is 0. The number of nitrogens with one attached hydrogen (secondary N) is 16. The zero-order valence-corrected chi connectivity index (χ0v) is 66.5. The SMILES string of the molecule is CCCC[C@H](NC(=O)[C@H](CO)NC(=O)[C@H](Cc1ccc(O)cc1)NC(=O)[C@H](CO)NC(C)=O)C(=O)N[C@@H](CCC(=O)O)C(=O)N[C@@H](Cc1cnc[nH]1)C(=O)N[C@H](Cc1ccccc1)C(=O)N[C@@H](CCCNC(=N)N)C(=O)N[C@@H](Cc1c[nH]c2ccccc12)C(=O)NCC(=O)N[C@@H](CCCCN)C(=O)N1CCC[C@H]1C(O)N[C@H](C(N)=O)C(C)C. The lowest BCUT2D eigenvalue weighted by atomic mass is 10.0. The Kier molecular flexibility index (Phi) is 38.9. The van der Waals surface area contributed by atoms with E-state index >= 15 is 14.4 Å². The molecule has 644 valence electrons. The van der Waals surface area contributed by atoms with Gasteiger partial charge in [0.05, 0.1) is 38.2 Å². The highest BCUT2D eigenvalue weighted by Gasteiger charge is 2.41. The number of carbonyl (C=O) groups excluding carboxylic acids is 13. The van der Waals surface area contributed by atoms with Crippen LogP contribution >= 0.6 is 0 Å². The molecule has 2 aromatic heterocycles. The molecule has 3 aromatic carbocycles. The fraction of sp³-hybridized carbons (Fsp3) is 0.513. The average Bonchev–Trinajstić information content (AvgIpc) is 1.64. The average molecular weight is 1650 g/mol. The molecule has 0 radical (unpaired) electrons. The number of aromatic hydroxyl groups is 1. The first-order valence-corrected chi connectivity index (χ1v) is 39.2. The summed E-state index contributed by atoms with van der Waals surface area (Å²) in [7, 11) is 0. The number of aliphatic hydroxyl groups excluding tert-OH is 3. The molecule has 40 heteroatoms. The largest absolute Gasteiger partial charge is 0.508 e. The van der Waals surface area contributed by atoms with Crippen LogP contribution in [0.15, 0.2) is 97.6 Å². The van der Waals surface area contributed by atoms with Crippen molar-refractivity contribution in [3.05, 3.63) is 120 Å². The summed E-state index contributed by atoms with van der Waals surface area (Å²) in [5, 5.41) is 93.5. The van der Waals surface area contributed by atoms with E-state index in [1.54, 1.807) is 81.6 Å². The molecule has 6 rings (SSSR count). The van der Waals surface area contributed by atoms with Gasteiger partial charge in [-0.05, 0) is 105 Å². The number of phenols is 1. The van der Waals surface area contributed by atoms with Crippen LogP contribution in [-0.4, -0.2) is 252 Å². The summed E-state index contributed by atoms with van der Waals surface area (Å²) in [6, 6.07) is 3.40. The van der Waals surface area contributed by atoms with Gasteiger partial charge in [-0.3, -0.25) is 77.8 Å². The fourth-order valence-corrected chi connectivity index (χ4v) is 13.3. The number of aromatic amines is 2. The van der Waals surface area contributed by atoms with Crippen LogP contribution in [0, 0.1) is 11.3 Å². The van der Waals surface area contributed by atoms with E-state index in [0.29, 0.717) is 59.7 Å². The number of aliphatic hydroxyl groups is 3. The first-order chi connectivity index (χ1) is 56.3. The first kappa shape index (κ1) is 94.7. The van der Waals surface area contributed by atoms with Crippen molar-refractivity contribution in [2.75, 3.05) is 39.4 Å². The molecule has 13 atom stereocenters. The zero-order chi connectivity index (χ0) is 86.5. The maximum absolute atomic E-state index is 15.2. The zero-order valence-electron chi connectivity index (χ0n) is 66.5. The predicted molar refractivity (Wildman–Crippen MR) is 429 cm³/mol. The van der Waals surface area contributed by atoms with Crippen molar-refractivity contribution < 1.29 is 92.7 Å². The number of aliphatic carboxylic acids is 1. The Morgan fingerprint density at radius 1 is 0.576 bits per heavy atom. The molecule has 0 bridgehead atoms. The van der Waals surface area contributed by atoms with E-state index in [-0.39, 0.29) is 94.8 Å². The number of carboxylic acids is 1. The van der Waals surface area contributed by atoms with Crippen LogP contribution in [0.4, 0.5) is 0 Å². The van der Waals surface area contributed by atoms with Gasteiger partial charge in [0.2, 0.25) is 76.8 Å². The Morgan fingerprint density at radius 2 is 1.08 bits per heavy atom. The number of guanidine groups is 1. The second-order valence-corrected chi connectivity index (χ2v) is 29.2. The minimum Gasteiger partial charge on any atom is -0.508 e. The number of hydrogen-bond acceptors (Lipinski definition) is 22. The monoisotopic (exact) mass is 1650 g/mol. The van der Waals surface area contributed by atoms with E-state index in [1.165, 1.54) is 41.7 Å². The van der Waals surface area contributed by atoms with E-state index in [0.717, 1.165) is 6.92 Å². The van der Waals surface area contributed by atoms with E-state index in [9.17, 15) is 78.3 Å². The van der Waals surface area contributed by atoms with Gasteiger partial charge in [0.25, 0.3) is 0 Å². The predicted octanol–water partition coefficient (Wildman–Crippen LogP) is -4.31. The van der Waals surface area contributed by atoms with Gasteiger partial charge in [0, 0.05) is 81.1 Å². The number of aromatic nitrogens is 3. The van der Waals surface area contributed by atoms with Gasteiger partial charge in [0.1, 0.15) is 72.4 Å². The Hall–Kier alpha value is -12.1. The quantitative estimate of drug-likeness (QED) is 0.00758. The van der Waals surface area contributed by atoms with Gasteiger partial charge in [-0.15, -0.1) is 0 Å². The number of nitrogens with two attached hydrogens (primary N) is 3. The summed E-state index contributed by atoms with van der Waals surface area (Å²) in [6.07, 6.45) is 2.63. The number of phenolic OH excluding ortho intramolecular Hbond substituents is 1. The van der Waals surface area contributed by atoms with Crippen molar-refractivity contribution in [2.45, 2.75) is 209 Å². The first-order valence-electron chi connectivity index (χ1n) is 39.2. The van der Waals surface area contributed by atoms with Crippen LogP contribution in [0.1, 0.15) is 127 Å². The third-order valence-corrected chi connectivity index (χ3v) is 19.6. The Morgan fingerprint density at radius 3 is 1.62 bits per heavy atom. The molecule has 0 saturated carbocycles. The van der Waals surface area contributed by atoms with Gasteiger partial charge < -0.3 is 121 Å². The molecule has 1 aliphatic rings. The standard InChI is InChI=1S/C78H113N21O19/c1-5-6-19-52(91-75(116)61(41-101)97-72(113)57(34-46-24-26-49(103)27-25-46)94-74(115)60(40-100)88-44(4)102)68(109)92-54(28-29-64(105)106)70(111)96-59(36-48-38-83-42-87-48)73(114)93-56(33-45-16-8-7-9-17-45)71(112)90-53(22-14-31-84-78(81)82)69(110)95-58(35-47-37-85-51-20-11-10-18-50(47)51)67(108)86-39-63(104)89-55(21-12-13-30-79)77(118)99-32-15-23-62(99)76(117)98-65(43(2)3)66(80)107/h7-11,16-18,20,24-27,37-38,42-43,52-62,65,76,85,98,100-101,103,117H,5-6,12-15,19,21-23,28-36,39-41,79H2,1-4H3,(H2,80,107)(H,83,87)(H,86,108)(H,88,102)(H,89,104)(H,90,112)(H,91,116)(H,92,109)(H,93,114)(H,94,115)(H,95,110)(H,96,111)(H,97,113)(H,105,106)(H4,81,82,84)/t52-,53-,54-,55-,56+,57-,58-,59-,60-,61-,62-,65-,76?/m0/s1. The number of rotatable bonds is 51. The molecule has 40 nitrogen and oxygen atoms in total. The number of carboxylic acid groups (broad SMARTS) is 1. The smallest absolute Gasteiger partial charge is 0.303 e. The highest BCUT2D eigenvalue weighted by Crippen LogP contribution is 2.24. The summed E-state index contributed by atoms with van der Waals surface area (Å²) in [4.78, 5) is 207. The van der Waals surface area contributed by atoms with Crippen LogP contribution in [-0.2, 0) is 92.8 Å². The molecular formula is C78H113N21O19. The summed E-state index contributed by atoms with van der Waals surface area (Å²) >= 11 is 0. The van der Waals surface area contributed by atoms with E-state index in [2.05, 4.69) is 84.1 Å². The highest BCUT2D eigenvalue weighted by atomic mass is 16.4.